The van der Waals surface area contributed by atoms with Crippen molar-refractivity contribution in [2.45, 2.75) is 30.6 Å². The number of nitrogens with zero attached hydrogens (tertiary/aromatic N) is 1. The van der Waals surface area contributed by atoms with Crippen LogP contribution in [-0.2, 0) is 10.8 Å². The Morgan fingerprint density at radius 2 is 1.22 bits per heavy atom. The molecule has 1 aromatic heterocycles. The predicted octanol–water partition coefficient (Wildman–Crippen LogP) is 13.7. The van der Waals surface area contributed by atoms with Crippen molar-refractivity contribution in [3.8, 4) is 11.5 Å². The lowest BCUT2D eigenvalue weighted by atomic mass is 9.63. The zero-order valence-electron chi connectivity index (χ0n) is 30.8. The lowest BCUT2D eigenvalue weighted by molar-refractivity contribution is 0.418. The van der Waals surface area contributed by atoms with Gasteiger partial charge in [-0.15, -0.1) is 0 Å². The average Bonchev–Trinajstić information content (AvgIpc) is 3.76. The molecule has 0 saturated heterocycles. The van der Waals surface area contributed by atoms with Crippen LogP contribution in [0.25, 0.3) is 21.9 Å². The van der Waals surface area contributed by atoms with Crippen molar-refractivity contribution >= 4 is 39.0 Å². The second-order valence-electron chi connectivity index (χ2n) is 15.6. The van der Waals surface area contributed by atoms with Crippen LogP contribution in [0.5, 0.6) is 11.5 Å². The van der Waals surface area contributed by atoms with Gasteiger partial charge in [-0.05, 0) is 76.9 Å². The zero-order valence-corrected chi connectivity index (χ0v) is 30.8. The van der Waals surface area contributed by atoms with Crippen molar-refractivity contribution in [2.75, 3.05) is 4.90 Å². The molecule has 1 aliphatic heterocycles. The maximum Gasteiger partial charge on any atom is 0.137 e. The molecule has 0 spiro atoms. The molecule has 7 aromatic carbocycles. The molecule has 0 bridgehead atoms. The largest absolute Gasteiger partial charge is 0.457 e. The summed E-state index contributed by atoms with van der Waals surface area (Å²) in [6.45, 7) is 4.60. The highest BCUT2D eigenvalue weighted by molar-refractivity contribution is 6.13. The van der Waals surface area contributed by atoms with E-state index in [4.69, 9.17) is 9.15 Å². The molecular formula is C52H39NO2. The lowest BCUT2D eigenvalue weighted by Crippen LogP contribution is -2.35. The highest BCUT2D eigenvalue weighted by Crippen LogP contribution is 2.60. The van der Waals surface area contributed by atoms with Crippen LogP contribution in [0.4, 0.5) is 17.1 Å². The number of hydrogen-bond acceptors (Lipinski definition) is 3. The first-order valence-electron chi connectivity index (χ1n) is 19.3. The van der Waals surface area contributed by atoms with Gasteiger partial charge in [0.15, 0.2) is 0 Å². The maximum absolute atomic E-state index is 6.56. The molecule has 264 valence electrons. The Kier molecular flexibility index (Phi) is 6.94. The van der Waals surface area contributed by atoms with E-state index in [9.17, 15) is 0 Å². The van der Waals surface area contributed by atoms with Crippen LogP contribution in [0.2, 0.25) is 0 Å². The summed E-state index contributed by atoms with van der Waals surface area (Å²) in [6.07, 6.45) is 9.28. The molecule has 3 heteroatoms. The van der Waals surface area contributed by atoms with Crippen LogP contribution in [0, 0.1) is 5.92 Å². The SMILES string of the molecule is CC1(C)c2ccccc2Oc2ccc(N(c3cccc(C4(c5ccccc5)c5ccccc5C5C=CC=CC54)c3)c3cccc4oc5ccccc5c34)cc21. The Bertz CT molecular complexity index is 2860. The molecule has 8 aromatic rings. The normalized spacial score (nSPS) is 20.0. The summed E-state index contributed by atoms with van der Waals surface area (Å²) in [6, 6.07) is 59.4. The summed E-state index contributed by atoms with van der Waals surface area (Å²) in [7, 11) is 0. The summed E-state index contributed by atoms with van der Waals surface area (Å²) in [5, 5.41) is 2.18. The van der Waals surface area contributed by atoms with Crippen LogP contribution < -0.4 is 9.64 Å². The van der Waals surface area contributed by atoms with Gasteiger partial charge in [0.2, 0.25) is 0 Å². The summed E-state index contributed by atoms with van der Waals surface area (Å²) in [4.78, 5) is 2.43. The third-order valence-electron chi connectivity index (χ3n) is 12.5. The van der Waals surface area contributed by atoms with Crippen LogP contribution >= 0.6 is 0 Å². The second-order valence-corrected chi connectivity index (χ2v) is 15.6. The number of ether oxygens (including phenoxy) is 1. The van der Waals surface area contributed by atoms with Gasteiger partial charge in [0, 0.05) is 45.1 Å². The second kappa shape index (κ2) is 12.0. The van der Waals surface area contributed by atoms with Gasteiger partial charge in [-0.3, -0.25) is 0 Å². The first-order chi connectivity index (χ1) is 27.0. The summed E-state index contributed by atoms with van der Waals surface area (Å²) >= 11 is 0. The van der Waals surface area contributed by atoms with E-state index in [-0.39, 0.29) is 17.3 Å². The molecular weight excluding hydrogens is 671 g/mol. The minimum Gasteiger partial charge on any atom is -0.457 e. The Labute approximate surface area is 321 Å². The molecule has 55 heavy (non-hydrogen) atoms. The van der Waals surface area contributed by atoms with Crippen molar-refractivity contribution in [3.05, 3.63) is 221 Å². The molecule has 2 aliphatic carbocycles. The number of fused-ring (bicyclic) bond motifs is 8. The molecule has 0 fully saturated rings. The molecule has 3 nitrogen and oxygen atoms in total. The van der Waals surface area contributed by atoms with E-state index in [1.807, 2.05) is 12.1 Å². The fraction of sp³-hybridized carbons (Fsp3) is 0.115. The van der Waals surface area contributed by atoms with Gasteiger partial charge in [-0.1, -0.05) is 147 Å². The fourth-order valence-electron chi connectivity index (χ4n) is 10.0. The molecule has 3 atom stereocenters. The Morgan fingerprint density at radius 3 is 2.13 bits per heavy atom. The van der Waals surface area contributed by atoms with Gasteiger partial charge in [0.05, 0.1) is 16.5 Å². The predicted molar refractivity (Wildman–Crippen MR) is 224 cm³/mol. The number of hydrogen-bond donors (Lipinski definition) is 0. The average molecular weight is 710 g/mol. The molecule has 2 heterocycles. The van der Waals surface area contributed by atoms with Crippen molar-refractivity contribution in [2.24, 2.45) is 5.92 Å². The molecule has 3 aliphatic rings. The number of benzene rings is 7. The maximum atomic E-state index is 6.56. The highest BCUT2D eigenvalue weighted by Gasteiger charge is 2.53. The Hall–Kier alpha value is -6.58. The van der Waals surface area contributed by atoms with Crippen molar-refractivity contribution in [1.29, 1.82) is 0 Å². The quantitative estimate of drug-likeness (QED) is 0.178. The third-order valence-corrected chi connectivity index (χ3v) is 12.5. The number of anilines is 3. The van der Waals surface area contributed by atoms with Gasteiger partial charge in [0.25, 0.3) is 0 Å². The van der Waals surface area contributed by atoms with E-state index in [1.165, 1.54) is 27.8 Å². The molecule has 0 radical (unpaired) electrons. The third kappa shape index (κ3) is 4.56. The Balaban J connectivity index is 1.18. The molecule has 0 N–H and O–H groups in total. The van der Waals surface area contributed by atoms with E-state index in [1.54, 1.807) is 0 Å². The van der Waals surface area contributed by atoms with Crippen molar-refractivity contribution in [1.82, 2.24) is 0 Å². The van der Waals surface area contributed by atoms with E-state index >= 15 is 0 Å². The highest BCUT2D eigenvalue weighted by atomic mass is 16.5. The lowest BCUT2D eigenvalue weighted by Gasteiger charge is -2.39. The van der Waals surface area contributed by atoms with Gasteiger partial charge < -0.3 is 14.1 Å². The zero-order chi connectivity index (χ0) is 36.7. The molecule has 3 unspecified atom stereocenters. The molecule has 11 rings (SSSR count). The van der Waals surface area contributed by atoms with Crippen LogP contribution in [-0.4, -0.2) is 0 Å². The van der Waals surface area contributed by atoms with Gasteiger partial charge >= 0.3 is 0 Å². The monoisotopic (exact) mass is 709 g/mol. The summed E-state index contributed by atoms with van der Waals surface area (Å²) < 4.78 is 13.1. The Morgan fingerprint density at radius 1 is 0.527 bits per heavy atom. The topological polar surface area (TPSA) is 25.6 Å². The first kappa shape index (κ1) is 31.9. The van der Waals surface area contributed by atoms with Crippen molar-refractivity contribution in [3.63, 3.8) is 0 Å². The van der Waals surface area contributed by atoms with E-state index < -0.39 is 5.41 Å². The van der Waals surface area contributed by atoms with Crippen LogP contribution in [0.1, 0.15) is 53.1 Å². The number of rotatable bonds is 5. The van der Waals surface area contributed by atoms with Crippen LogP contribution in [0.15, 0.2) is 193 Å². The minimum absolute atomic E-state index is 0.212. The molecule has 0 saturated carbocycles. The number of allylic oxidation sites excluding steroid dienone is 4. The minimum atomic E-state index is -0.408. The fourth-order valence-corrected chi connectivity index (χ4v) is 10.0. The van der Waals surface area contributed by atoms with E-state index in [0.29, 0.717) is 0 Å². The van der Waals surface area contributed by atoms with Gasteiger partial charge in [-0.25, -0.2) is 0 Å². The number of furan rings is 1. The standard InChI is InChI=1S/C52H39NO2/c1-51(2)43-25-11-13-28-47(43)55-48-31-30-37(33-44(48)51)53(45-26-15-29-49-50(45)40-22-8-12-27-46(40)54-49)36-19-14-18-35(32-36)52(34-16-4-3-5-17-34)41-23-9-6-20-38(41)39-21-7-10-24-42(39)52/h3-33,38,41H,1-2H3. The summed E-state index contributed by atoms with van der Waals surface area (Å²) in [5.41, 5.74) is 11.9. The van der Waals surface area contributed by atoms with E-state index in [2.05, 4.69) is 195 Å². The number of para-hydroxylation sites is 2. The van der Waals surface area contributed by atoms with Crippen LogP contribution in [0.3, 0.4) is 0 Å². The van der Waals surface area contributed by atoms with Gasteiger partial charge in [-0.2, -0.15) is 0 Å². The van der Waals surface area contributed by atoms with Gasteiger partial charge in [0.1, 0.15) is 22.7 Å². The first-order valence-corrected chi connectivity index (χ1v) is 19.3. The van der Waals surface area contributed by atoms with Crippen molar-refractivity contribution < 1.29 is 9.15 Å². The molecule has 0 amide bonds. The smallest absolute Gasteiger partial charge is 0.137 e. The summed E-state index contributed by atoms with van der Waals surface area (Å²) in [5.74, 6) is 2.30. The van der Waals surface area contributed by atoms with E-state index in [0.717, 1.165) is 56.1 Å².